The molecule has 0 unspecified atom stereocenters. The van der Waals surface area contributed by atoms with Crippen LogP contribution in [0.2, 0.25) is 5.15 Å². The molecule has 0 atom stereocenters. The Labute approximate surface area is 103 Å². The van der Waals surface area contributed by atoms with Crippen molar-refractivity contribution in [3.63, 3.8) is 0 Å². The molecule has 7 heteroatoms. The molecule has 0 spiro atoms. The van der Waals surface area contributed by atoms with E-state index in [2.05, 4.69) is 25.4 Å². The zero-order valence-corrected chi connectivity index (χ0v) is 10.3. The van der Waals surface area contributed by atoms with E-state index in [1.54, 1.807) is 6.92 Å². The number of anilines is 1. The molecular weight excluding hydrogens is 242 g/mol. The monoisotopic (exact) mass is 253 g/mol. The molecule has 0 bridgehead atoms. The smallest absolute Gasteiger partial charge is 0.245 e. The number of rotatable bonds is 4. The average Bonchev–Trinajstić information content (AvgIpc) is 2.72. The van der Waals surface area contributed by atoms with Crippen LogP contribution in [0.15, 0.2) is 10.9 Å². The summed E-state index contributed by atoms with van der Waals surface area (Å²) in [5.74, 6) is 1.82. The lowest BCUT2D eigenvalue weighted by Gasteiger charge is -2.08. The first-order chi connectivity index (χ1) is 8.20. The lowest BCUT2D eigenvalue weighted by molar-refractivity contribution is 0.379. The fourth-order valence-electron chi connectivity index (χ4n) is 1.43. The number of hydrogen-bond donors (Lipinski definition) is 1. The highest BCUT2D eigenvalue weighted by Crippen LogP contribution is 2.20. The van der Waals surface area contributed by atoms with E-state index in [0.717, 1.165) is 12.0 Å². The van der Waals surface area contributed by atoms with E-state index in [0.29, 0.717) is 29.2 Å². The molecule has 0 saturated carbocycles. The number of aromatic nitrogens is 4. The van der Waals surface area contributed by atoms with Crippen LogP contribution in [0.25, 0.3) is 0 Å². The Morgan fingerprint density at radius 2 is 2.24 bits per heavy atom. The van der Waals surface area contributed by atoms with Crippen LogP contribution in [0.1, 0.15) is 24.2 Å². The molecule has 0 aliphatic heterocycles. The van der Waals surface area contributed by atoms with Crippen LogP contribution in [-0.2, 0) is 13.0 Å². The third kappa shape index (κ3) is 2.71. The van der Waals surface area contributed by atoms with Gasteiger partial charge in [-0.25, -0.2) is 9.97 Å². The van der Waals surface area contributed by atoms with Gasteiger partial charge in [0.1, 0.15) is 17.3 Å². The van der Waals surface area contributed by atoms with Gasteiger partial charge < -0.3 is 9.84 Å². The summed E-state index contributed by atoms with van der Waals surface area (Å²) in [4.78, 5) is 12.2. The molecule has 2 rings (SSSR count). The van der Waals surface area contributed by atoms with Crippen molar-refractivity contribution in [3.8, 4) is 0 Å². The predicted octanol–water partition coefficient (Wildman–Crippen LogP) is 2.00. The van der Waals surface area contributed by atoms with Gasteiger partial charge in [0.25, 0.3) is 0 Å². The molecule has 2 heterocycles. The molecule has 0 aliphatic carbocycles. The van der Waals surface area contributed by atoms with E-state index in [9.17, 15) is 0 Å². The second-order valence-corrected chi connectivity index (χ2v) is 3.79. The minimum atomic E-state index is 0.418. The van der Waals surface area contributed by atoms with Crippen LogP contribution < -0.4 is 5.32 Å². The van der Waals surface area contributed by atoms with Gasteiger partial charge in [0.05, 0.1) is 6.54 Å². The fourth-order valence-corrected chi connectivity index (χ4v) is 1.69. The van der Waals surface area contributed by atoms with Gasteiger partial charge >= 0.3 is 0 Å². The number of hydrogen-bond acceptors (Lipinski definition) is 6. The van der Waals surface area contributed by atoms with Crippen molar-refractivity contribution in [1.82, 2.24) is 20.1 Å². The van der Waals surface area contributed by atoms with Crippen LogP contribution >= 0.6 is 11.6 Å². The molecule has 2 aromatic heterocycles. The normalized spacial score (nSPS) is 10.5. The Morgan fingerprint density at radius 1 is 1.41 bits per heavy atom. The van der Waals surface area contributed by atoms with E-state index >= 15 is 0 Å². The number of aryl methyl sites for hydroxylation is 1. The quantitative estimate of drug-likeness (QED) is 0.840. The summed E-state index contributed by atoms with van der Waals surface area (Å²) in [7, 11) is 0. The summed E-state index contributed by atoms with van der Waals surface area (Å²) in [6.45, 7) is 4.18. The van der Waals surface area contributed by atoms with Crippen molar-refractivity contribution in [2.24, 2.45) is 0 Å². The molecular formula is C10H12ClN5O. The highest BCUT2D eigenvalue weighted by atomic mass is 35.5. The molecule has 0 radical (unpaired) electrons. The molecule has 2 aromatic rings. The van der Waals surface area contributed by atoms with Crippen LogP contribution in [0.5, 0.6) is 0 Å². The Kier molecular flexibility index (Phi) is 3.53. The molecule has 17 heavy (non-hydrogen) atoms. The molecule has 0 saturated heterocycles. The Bertz CT molecular complexity index is 513. The zero-order chi connectivity index (χ0) is 12.3. The molecule has 90 valence electrons. The van der Waals surface area contributed by atoms with Crippen molar-refractivity contribution >= 4 is 17.4 Å². The van der Waals surface area contributed by atoms with Crippen molar-refractivity contribution in [3.05, 3.63) is 28.8 Å². The van der Waals surface area contributed by atoms with Crippen LogP contribution in [0.4, 0.5) is 5.82 Å². The fraction of sp³-hybridized carbons (Fsp3) is 0.400. The Hall–Kier alpha value is -1.69. The SMILES string of the molecule is CCc1c(Cl)ncnc1NCc1nc(C)no1. The third-order valence-corrected chi connectivity index (χ3v) is 2.55. The van der Waals surface area contributed by atoms with E-state index in [1.165, 1.54) is 6.33 Å². The van der Waals surface area contributed by atoms with Crippen molar-refractivity contribution < 1.29 is 4.52 Å². The maximum Gasteiger partial charge on any atom is 0.245 e. The summed E-state index contributed by atoms with van der Waals surface area (Å²) >= 11 is 5.97. The number of halogens is 1. The van der Waals surface area contributed by atoms with E-state index in [1.807, 2.05) is 6.92 Å². The van der Waals surface area contributed by atoms with Gasteiger partial charge in [-0.1, -0.05) is 23.7 Å². The molecule has 0 aromatic carbocycles. The van der Waals surface area contributed by atoms with Gasteiger partial charge in [0.2, 0.25) is 5.89 Å². The Morgan fingerprint density at radius 3 is 2.88 bits per heavy atom. The first kappa shape index (κ1) is 11.8. The van der Waals surface area contributed by atoms with Gasteiger partial charge in [-0.05, 0) is 13.3 Å². The maximum atomic E-state index is 5.97. The van der Waals surface area contributed by atoms with Gasteiger partial charge in [0.15, 0.2) is 5.82 Å². The molecule has 0 amide bonds. The lowest BCUT2D eigenvalue weighted by atomic mass is 10.2. The van der Waals surface area contributed by atoms with Crippen molar-refractivity contribution in [2.75, 3.05) is 5.32 Å². The standard InChI is InChI=1S/C10H12ClN5O/c1-3-7-9(11)13-5-14-10(7)12-4-8-15-6(2)16-17-8/h5H,3-4H2,1-2H3,(H,12,13,14). The van der Waals surface area contributed by atoms with E-state index < -0.39 is 0 Å². The number of nitrogens with one attached hydrogen (secondary N) is 1. The summed E-state index contributed by atoms with van der Waals surface area (Å²) in [6, 6.07) is 0. The predicted molar refractivity (Wildman–Crippen MR) is 62.8 cm³/mol. The minimum Gasteiger partial charge on any atom is -0.361 e. The minimum absolute atomic E-state index is 0.418. The lowest BCUT2D eigenvalue weighted by Crippen LogP contribution is -2.05. The summed E-state index contributed by atoms with van der Waals surface area (Å²) in [6.07, 6.45) is 2.17. The topological polar surface area (TPSA) is 76.7 Å². The largest absolute Gasteiger partial charge is 0.361 e. The average molecular weight is 254 g/mol. The maximum absolute atomic E-state index is 5.97. The third-order valence-electron chi connectivity index (χ3n) is 2.22. The first-order valence-corrected chi connectivity index (χ1v) is 5.61. The highest BCUT2D eigenvalue weighted by Gasteiger charge is 2.09. The summed E-state index contributed by atoms with van der Waals surface area (Å²) in [5, 5.41) is 7.27. The molecule has 1 N–H and O–H groups in total. The molecule has 0 fully saturated rings. The zero-order valence-electron chi connectivity index (χ0n) is 9.57. The van der Waals surface area contributed by atoms with E-state index in [4.69, 9.17) is 16.1 Å². The molecule has 6 nitrogen and oxygen atoms in total. The number of nitrogens with zero attached hydrogens (tertiary/aromatic N) is 4. The second kappa shape index (κ2) is 5.09. The Balaban J connectivity index is 2.11. The van der Waals surface area contributed by atoms with Crippen LogP contribution in [0.3, 0.4) is 0 Å². The van der Waals surface area contributed by atoms with Gasteiger partial charge in [-0.15, -0.1) is 0 Å². The van der Waals surface area contributed by atoms with Gasteiger partial charge in [-0.3, -0.25) is 0 Å². The summed E-state index contributed by atoms with van der Waals surface area (Å²) < 4.78 is 4.99. The first-order valence-electron chi connectivity index (χ1n) is 5.23. The van der Waals surface area contributed by atoms with Gasteiger partial charge in [-0.2, -0.15) is 4.98 Å². The van der Waals surface area contributed by atoms with Crippen LogP contribution in [0, 0.1) is 6.92 Å². The second-order valence-electron chi connectivity index (χ2n) is 3.43. The van der Waals surface area contributed by atoms with Crippen LogP contribution in [-0.4, -0.2) is 20.1 Å². The van der Waals surface area contributed by atoms with Crippen molar-refractivity contribution in [2.45, 2.75) is 26.8 Å². The summed E-state index contributed by atoms with van der Waals surface area (Å²) in [5.41, 5.74) is 0.880. The highest BCUT2D eigenvalue weighted by molar-refractivity contribution is 6.30. The molecule has 0 aliphatic rings. The van der Waals surface area contributed by atoms with E-state index in [-0.39, 0.29) is 0 Å². The van der Waals surface area contributed by atoms with Crippen molar-refractivity contribution in [1.29, 1.82) is 0 Å². The van der Waals surface area contributed by atoms with Gasteiger partial charge in [0, 0.05) is 5.56 Å².